The number of ether oxygens (including phenoxy) is 1. The smallest absolute Gasteiger partial charge is 0.269 e. The summed E-state index contributed by atoms with van der Waals surface area (Å²) in [7, 11) is 1.62. The van der Waals surface area contributed by atoms with Crippen molar-refractivity contribution in [1.29, 1.82) is 0 Å². The van der Waals surface area contributed by atoms with E-state index in [4.69, 9.17) is 4.74 Å². The summed E-state index contributed by atoms with van der Waals surface area (Å²) in [6, 6.07) is 17.5. The fraction of sp³-hybridized carbons (Fsp3) is 0.0588. The molecular formula is C17H13N3O3. The molecule has 0 aliphatic heterocycles. The summed E-state index contributed by atoms with van der Waals surface area (Å²) < 4.78 is 5.12. The number of benzene rings is 2. The molecule has 3 rings (SSSR count). The van der Waals surface area contributed by atoms with Gasteiger partial charge in [-0.05, 0) is 48.5 Å². The second kappa shape index (κ2) is 6.23. The van der Waals surface area contributed by atoms with Crippen molar-refractivity contribution < 1.29 is 9.66 Å². The highest BCUT2D eigenvalue weighted by molar-refractivity contribution is 5.64. The third-order valence-electron chi connectivity index (χ3n) is 3.42. The molecule has 23 heavy (non-hydrogen) atoms. The number of non-ortho nitro benzene ring substituents is 1. The van der Waals surface area contributed by atoms with Gasteiger partial charge in [-0.2, -0.15) is 0 Å². The van der Waals surface area contributed by atoms with Crippen LogP contribution in [0.1, 0.15) is 0 Å². The zero-order valence-corrected chi connectivity index (χ0v) is 12.3. The first kappa shape index (κ1) is 14.6. The van der Waals surface area contributed by atoms with Crippen LogP contribution in [0.25, 0.3) is 22.5 Å². The molecule has 0 saturated carbocycles. The van der Waals surface area contributed by atoms with Crippen molar-refractivity contribution in [2.75, 3.05) is 7.11 Å². The van der Waals surface area contributed by atoms with Crippen LogP contribution in [0.3, 0.4) is 0 Å². The Morgan fingerprint density at radius 3 is 1.70 bits per heavy atom. The first-order valence-corrected chi connectivity index (χ1v) is 6.90. The first-order valence-electron chi connectivity index (χ1n) is 6.90. The molecular weight excluding hydrogens is 294 g/mol. The molecule has 0 aliphatic carbocycles. The van der Waals surface area contributed by atoms with Crippen LogP contribution < -0.4 is 4.74 Å². The molecule has 3 aromatic rings. The van der Waals surface area contributed by atoms with Gasteiger partial charge < -0.3 is 4.74 Å². The maximum Gasteiger partial charge on any atom is 0.269 e. The van der Waals surface area contributed by atoms with Gasteiger partial charge in [-0.15, -0.1) is 10.2 Å². The summed E-state index contributed by atoms with van der Waals surface area (Å²) in [4.78, 5) is 10.2. The van der Waals surface area contributed by atoms with Gasteiger partial charge in [0.1, 0.15) is 5.75 Å². The summed E-state index contributed by atoms with van der Waals surface area (Å²) in [5, 5.41) is 19.1. The van der Waals surface area contributed by atoms with Crippen LogP contribution in [0.4, 0.5) is 5.69 Å². The molecule has 1 heterocycles. The molecule has 0 saturated heterocycles. The second-order valence-electron chi connectivity index (χ2n) is 4.84. The van der Waals surface area contributed by atoms with Crippen LogP contribution in [-0.2, 0) is 0 Å². The average Bonchev–Trinajstić information content (AvgIpc) is 2.62. The Balaban J connectivity index is 1.84. The number of nitro benzene ring substituents is 1. The topological polar surface area (TPSA) is 78.2 Å². The Hall–Kier alpha value is -3.28. The molecule has 0 bridgehead atoms. The molecule has 0 amide bonds. The number of hydrogen-bond donors (Lipinski definition) is 0. The minimum Gasteiger partial charge on any atom is -0.497 e. The number of nitro groups is 1. The van der Waals surface area contributed by atoms with Crippen molar-refractivity contribution >= 4 is 5.69 Å². The Kier molecular flexibility index (Phi) is 3.97. The van der Waals surface area contributed by atoms with Crippen molar-refractivity contribution in [3.05, 3.63) is 70.8 Å². The number of methoxy groups -OCH3 is 1. The average molecular weight is 307 g/mol. The predicted molar refractivity (Wildman–Crippen MR) is 86.1 cm³/mol. The standard InChI is InChI=1S/C17H13N3O3/c1-23-15-8-4-13(5-9-15)17-11-10-16(18-19-17)12-2-6-14(7-3-12)20(21)22/h2-11H,1H3. The van der Waals surface area contributed by atoms with Gasteiger partial charge in [-0.25, -0.2) is 0 Å². The van der Waals surface area contributed by atoms with Crippen LogP contribution in [-0.4, -0.2) is 22.2 Å². The van der Waals surface area contributed by atoms with Crippen molar-refractivity contribution in [2.24, 2.45) is 0 Å². The Morgan fingerprint density at radius 1 is 0.826 bits per heavy atom. The van der Waals surface area contributed by atoms with Gasteiger partial charge in [0.25, 0.3) is 5.69 Å². The summed E-state index contributed by atoms with van der Waals surface area (Å²) in [5.74, 6) is 0.782. The molecule has 114 valence electrons. The summed E-state index contributed by atoms with van der Waals surface area (Å²) in [6.45, 7) is 0. The summed E-state index contributed by atoms with van der Waals surface area (Å²) in [6.07, 6.45) is 0. The molecule has 0 fully saturated rings. The fourth-order valence-corrected chi connectivity index (χ4v) is 2.16. The van der Waals surface area contributed by atoms with E-state index < -0.39 is 4.92 Å². The van der Waals surface area contributed by atoms with Crippen molar-refractivity contribution in [3.8, 4) is 28.3 Å². The lowest BCUT2D eigenvalue weighted by Gasteiger charge is -2.04. The summed E-state index contributed by atoms with van der Waals surface area (Å²) in [5.41, 5.74) is 3.19. The second-order valence-corrected chi connectivity index (χ2v) is 4.84. The lowest BCUT2D eigenvalue weighted by atomic mass is 10.1. The number of hydrogen-bond acceptors (Lipinski definition) is 5. The highest BCUT2D eigenvalue weighted by atomic mass is 16.6. The van der Waals surface area contributed by atoms with E-state index in [1.165, 1.54) is 12.1 Å². The van der Waals surface area contributed by atoms with Crippen molar-refractivity contribution in [3.63, 3.8) is 0 Å². The third kappa shape index (κ3) is 3.16. The van der Waals surface area contributed by atoms with Crippen LogP contribution in [0.2, 0.25) is 0 Å². The van der Waals surface area contributed by atoms with Gasteiger partial charge in [0.15, 0.2) is 0 Å². The van der Waals surface area contributed by atoms with E-state index in [0.29, 0.717) is 5.69 Å². The zero-order valence-electron chi connectivity index (χ0n) is 12.3. The monoisotopic (exact) mass is 307 g/mol. The van der Waals surface area contributed by atoms with E-state index >= 15 is 0 Å². The first-order chi connectivity index (χ1) is 11.2. The van der Waals surface area contributed by atoms with E-state index in [2.05, 4.69) is 10.2 Å². The van der Waals surface area contributed by atoms with Gasteiger partial charge in [0.2, 0.25) is 0 Å². The molecule has 0 N–H and O–H groups in total. The quantitative estimate of drug-likeness (QED) is 0.542. The molecule has 1 aromatic heterocycles. The van der Waals surface area contributed by atoms with Gasteiger partial charge in [-0.3, -0.25) is 10.1 Å². The molecule has 0 spiro atoms. The molecule has 0 unspecified atom stereocenters. The van der Waals surface area contributed by atoms with Crippen LogP contribution in [0.5, 0.6) is 5.75 Å². The highest BCUT2D eigenvalue weighted by Gasteiger charge is 2.07. The number of nitrogens with zero attached hydrogens (tertiary/aromatic N) is 3. The maximum atomic E-state index is 10.7. The Morgan fingerprint density at radius 2 is 1.30 bits per heavy atom. The van der Waals surface area contributed by atoms with Gasteiger partial charge in [0.05, 0.1) is 23.4 Å². The third-order valence-corrected chi connectivity index (χ3v) is 3.42. The minimum absolute atomic E-state index is 0.0524. The molecule has 0 aliphatic rings. The zero-order chi connectivity index (χ0) is 16.2. The number of rotatable bonds is 4. The number of aromatic nitrogens is 2. The van der Waals surface area contributed by atoms with E-state index in [0.717, 1.165) is 22.6 Å². The lowest BCUT2D eigenvalue weighted by molar-refractivity contribution is -0.384. The Bertz CT molecular complexity index is 813. The molecule has 0 radical (unpaired) electrons. The SMILES string of the molecule is COc1ccc(-c2ccc(-c3ccc([N+](=O)[O-])cc3)nn2)cc1. The van der Waals surface area contributed by atoms with Crippen LogP contribution >= 0.6 is 0 Å². The van der Waals surface area contributed by atoms with E-state index in [1.807, 2.05) is 36.4 Å². The normalized spacial score (nSPS) is 10.3. The van der Waals surface area contributed by atoms with Crippen LogP contribution in [0.15, 0.2) is 60.7 Å². The lowest BCUT2D eigenvalue weighted by Crippen LogP contribution is -1.92. The van der Waals surface area contributed by atoms with Gasteiger partial charge in [0, 0.05) is 23.3 Å². The minimum atomic E-state index is -0.428. The highest BCUT2D eigenvalue weighted by Crippen LogP contribution is 2.23. The van der Waals surface area contributed by atoms with Crippen LogP contribution in [0, 0.1) is 10.1 Å². The van der Waals surface area contributed by atoms with Gasteiger partial charge in [-0.1, -0.05) is 0 Å². The van der Waals surface area contributed by atoms with Crippen molar-refractivity contribution in [2.45, 2.75) is 0 Å². The van der Waals surface area contributed by atoms with E-state index in [-0.39, 0.29) is 5.69 Å². The van der Waals surface area contributed by atoms with E-state index in [1.54, 1.807) is 19.2 Å². The Labute approximate surface area is 132 Å². The molecule has 2 aromatic carbocycles. The molecule has 6 heteroatoms. The predicted octanol–water partition coefficient (Wildman–Crippen LogP) is 3.73. The van der Waals surface area contributed by atoms with Gasteiger partial charge >= 0.3 is 0 Å². The fourth-order valence-electron chi connectivity index (χ4n) is 2.16. The summed E-state index contributed by atoms with van der Waals surface area (Å²) >= 11 is 0. The largest absolute Gasteiger partial charge is 0.497 e. The molecule has 0 atom stereocenters. The van der Waals surface area contributed by atoms with E-state index in [9.17, 15) is 10.1 Å². The van der Waals surface area contributed by atoms with Crippen molar-refractivity contribution in [1.82, 2.24) is 10.2 Å². The maximum absolute atomic E-state index is 10.7. The molecule has 6 nitrogen and oxygen atoms in total.